The number of ether oxygens (including phenoxy) is 1. The molecule has 2 heterocycles. The molecular weight excluding hydrogens is 252 g/mol. The highest BCUT2D eigenvalue weighted by Gasteiger charge is 2.22. The first-order valence-electron chi connectivity index (χ1n) is 6.37. The van der Waals surface area contributed by atoms with Crippen LogP contribution in [0.1, 0.15) is 30.7 Å². The van der Waals surface area contributed by atoms with Gasteiger partial charge in [-0.1, -0.05) is 11.6 Å². The Morgan fingerprint density at radius 2 is 2.44 bits per heavy atom. The number of hydrazine groups is 1. The number of nitrogens with zero attached hydrogens (tertiary/aromatic N) is 2. The van der Waals surface area contributed by atoms with Gasteiger partial charge in [-0.05, 0) is 26.2 Å². The van der Waals surface area contributed by atoms with Crippen molar-refractivity contribution in [2.75, 3.05) is 6.61 Å². The van der Waals surface area contributed by atoms with E-state index in [9.17, 15) is 0 Å². The van der Waals surface area contributed by atoms with E-state index >= 15 is 0 Å². The summed E-state index contributed by atoms with van der Waals surface area (Å²) in [7, 11) is 1.91. The van der Waals surface area contributed by atoms with Gasteiger partial charge >= 0.3 is 0 Å². The largest absolute Gasteiger partial charge is 0.378 e. The lowest BCUT2D eigenvalue weighted by Gasteiger charge is -2.19. The van der Waals surface area contributed by atoms with Crippen LogP contribution in [0.15, 0.2) is 0 Å². The Hall–Kier alpha value is -0.620. The van der Waals surface area contributed by atoms with Crippen LogP contribution in [0.5, 0.6) is 0 Å². The minimum atomic E-state index is 0.167. The van der Waals surface area contributed by atoms with E-state index < -0.39 is 0 Å². The molecule has 0 amide bonds. The topological polar surface area (TPSA) is 65.1 Å². The molecule has 2 unspecified atom stereocenters. The Morgan fingerprint density at radius 3 is 2.94 bits per heavy atom. The molecule has 0 spiro atoms. The molecule has 0 aromatic carbocycles. The second-order valence-electron chi connectivity index (χ2n) is 4.91. The maximum atomic E-state index is 6.25. The van der Waals surface area contributed by atoms with Gasteiger partial charge in [0, 0.05) is 26.1 Å². The summed E-state index contributed by atoms with van der Waals surface area (Å²) in [6.07, 6.45) is 4.27. The van der Waals surface area contributed by atoms with Crippen molar-refractivity contribution >= 4 is 11.6 Å². The van der Waals surface area contributed by atoms with Crippen LogP contribution in [0.25, 0.3) is 0 Å². The van der Waals surface area contributed by atoms with E-state index in [1.54, 1.807) is 0 Å². The third-order valence-electron chi connectivity index (χ3n) is 3.51. The average molecular weight is 273 g/mol. The lowest BCUT2D eigenvalue weighted by Crippen LogP contribution is -2.39. The Balaban J connectivity index is 2.00. The molecule has 1 aromatic heterocycles. The lowest BCUT2D eigenvalue weighted by atomic mass is 10.0. The van der Waals surface area contributed by atoms with Crippen LogP contribution in [0, 0.1) is 6.92 Å². The van der Waals surface area contributed by atoms with Gasteiger partial charge in [-0.2, -0.15) is 5.10 Å². The number of aromatic nitrogens is 2. The summed E-state index contributed by atoms with van der Waals surface area (Å²) in [4.78, 5) is 0. The molecule has 0 bridgehead atoms. The van der Waals surface area contributed by atoms with Gasteiger partial charge in [0.05, 0.1) is 22.5 Å². The summed E-state index contributed by atoms with van der Waals surface area (Å²) >= 11 is 6.25. The second kappa shape index (κ2) is 6.02. The zero-order valence-corrected chi connectivity index (χ0v) is 11.7. The van der Waals surface area contributed by atoms with Crippen LogP contribution >= 0.6 is 11.6 Å². The normalized spacial score (nSPS) is 21.4. The third kappa shape index (κ3) is 3.03. The maximum absolute atomic E-state index is 6.25. The average Bonchev–Trinajstić information content (AvgIpc) is 2.92. The highest BCUT2D eigenvalue weighted by molar-refractivity contribution is 6.31. The minimum absolute atomic E-state index is 0.167. The van der Waals surface area contributed by atoms with E-state index in [1.807, 2.05) is 18.7 Å². The fourth-order valence-corrected chi connectivity index (χ4v) is 2.73. The number of hydrogen-bond acceptors (Lipinski definition) is 4. The van der Waals surface area contributed by atoms with Gasteiger partial charge in [-0.15, -0.1) is 0 Å². The molecule has 5 nitrogen and oxygen atoms in total. The predicted molar refractivity (Wildman–Crippen MR) is 71.4 cm³/mol. The molecule has 0 radical (unpaired) electrons. The summed E-state index contributed by atoms with van der Waals surface area (Å²) < 4.78 is 7.47. The molecule has 6 heteroatoms. The zero-order valence-electron chi connectivity index (χ0n) is 10.9. The van der Waals surface area contributed by atoms with Crippen molar-refractivity contribution in [1.82, 2.24) is 15.2 Å². The van der Waals surface area contributed by atoms with Gasteiger partial charge in [0.25, 0.3) is 0 Å². The first-order valence-corrected chi connectivity index (χ1v) is 6.75. The number of nitrogens with one attached hydrogen (secondary N) is 1. The molecule has 2 rings (SSSR count). The molecule has 1 aromatic rings. The predicted octanol–water partition coefficient (Wildman–Crippen LogP) is 1.33. The molecular formula is C12H21ClN4O. The van der Waals surface area contributed by atoms with Crippen LogP contribution < -0.4 is 11.3 Å². The van der Waals surface area contributed by atoms with Crippen molar-refractivity contribution < 1.29 is 4.74 Å². The zero-order chi connectivity index (χ0) is 13.1. The van der Waals surface area contributed by atoms with Gasteiger partial charge in [-0.25, -0.2) is 0 Å². The quantitative estimate of drug-likeness (QED) is 0.627. The summed E-state index contributed by atoms with van der Waals surface area (Å²) in [5.74, 6) is 5.63. The summed E-state index contributed by atoms with van der Waals surface area (Å²) in [5.41, 5.74) is 4.75. The lowest BCUT2D eigenvalue weighted by molar-refractivity contribution is 0.0944. The highest BCUT2D eigenvalue weighted by atomic mass is 35.5. The third-order valence-corrected chi connectivity index (χ3v) is 4.00. The first-order chi connectivity index (χ1) is 8.61. The minimum Gasteiger partial charge on any atom is -0.378 e. The number of halogens is 1. The van der Waals surface area contributed by atoms with Crippen LogP contribution in [0.2, 0.25) is 5.02 Å². The van der Waals surface area contributed by atoms with Gasteiger partial charge in [0.15, 0.2) is 0 Å². The van der Waals surface area contributed by atoms with Gasteiger partial charge in [0.1, 0.15) is 0 Å². The molecule has 3 N–H and O–H groups in total. The molecule has 1 aliphatic rings. The van der Waals surface area contributed by atoms with Crippen molar-refractivity contribution in [2.45, 2.75) is 44.8 Å². The molecule has 1 saturated heterocycles. The second-order valence-corrected chi connectivity index (χ2v) is 5.29. The molecule has 1 aliphatic heterocycles. The molecule has 18 heavy (non-hydrogen) atoms. The number of hydrogen-bond donors (Lipinski definition) is 2. The fourth-order valence-electron chi connectivity index (χ4n) is 2.49. The standard InChI is InChI=1S/C12H21ClN4O/c1-8-12(13)11(17(2)16-8)7-9(15-14)6-10-4-3-5-18-10/h9-10,15H,3-7,14H2,1-2H3. The van der Waals surface area contributed by atoms with Crippen LogP contribution in [0.4, 0.5) is 0 Å². The molecule has 1 fully saturated rings. The van der Waals surface area contributed by atoms with E-state index in [0.29, 0.717) is 6.10 Å². The van der Waals surface area contributed by atoms with Gasteiger partial charge in [0.2, 0.25) is 0 Å². The summed E-state index contributed by atoms with van der Waals surface area (Å²) in [6.45, 7) is 2.78. The highest BCUT2D eigenvalue weighted by Crippen LogP contribution is 2.23. The maximum Gasteiger partial charge on any atom is 0.0847 e. The van der Waals surface area contributed by atoms with Crippen molar-refractivity contribution in [3.05, 3.63) is 16.4 Å². The Labute approximate surface area is 113 Å². The smallest absolute Gasteiger partial charge is 0.0847 e. The van der Waals surface area contributed by atoms with Gasteiger partial charge < -0.3 is 4.74 Å². The summed E-state index contributed by atoms with van der Waals surface area (Å²) in [5, 5.41) is 5.06. The van der Waals surface area contributed by atoms with Crippen molar-refractivity contribution in [3.63, 3.8) is 0 Å². The molecule has 0 aliphatic carbocycles. The van der Waals surface area contributed by atoms with E-state index in [0.717, 1.165) is 48.7 Å². The number of nitrogens with two attached hydrogens (primary N) is 1. The first kappa shape index (κ1) is 13.8. The van der Waals surface area contributed by atoms with Crippen molar-refractivity contribution in [1.29, 1.82) is 0 Å². The molecule has 0 saturated carbocycles. The Bertz CT molecular complexity index is 401. The molecule has 2 atom stereocenters. The van der Waals surface area contributed by atoms with Crippen molar-refractivity contribution in [3.8, 4) is 0 Å². The monoisotopic (exact) mass is 272 g/mol. The fraction of sp³-hybridized carbons (Fsp3) is 0.750. The molecule has 102 valence electrons. The van der Waals surface area contributed by atoms with Crippen molar-refractivity contribution in [2.24, 2.45) is 12.9 Å². The van der Waals surface area contributed by atoms with Crippen LogP contribution in [0.3, 0.4) is 0 Å². The van der Waals surface area contributed by atoms with E-state index in [1.165, 1.54) is 0 Å². The summed E-state index contributed by atoms with van der Waals surface area (Å²) in [6, 6.07) is 0.167. The number of rotatable bonds is 5. The van der Waals surface area contributed by atoms with E-state index in [2.05, 4.69) is 10.5 Å². The number of aryl methyl sites for hydroxylation is 2. The van der Waals surface area contributed by atoms with E-state index in [4.69, 9.17) is 22.2 Å². The SMILES string of the molecule is Cc1nn(C)c(CC(CC2CCCO2)NN)c1Cl. The van der Waals surface area contributed by atoms with Crippen LogP contribution in [-0.4, -0.2) is 28.5 Å². The van der Waals surface area contributed by atoms with Gasteiger partial charge in [-0.3, -0.25) is 16.0 Å². The van der Waals surface area contributed by atoms with E-state index in [-0.39, 0.29) is 6.04 Å². The Kier molecular flexibility index (Phi) is 4.61. The van der Waals surface area contributed by atoms with Crippen LogP contribution in [-0.2, 0) is 18.2 Å². The Morgan fingerprint density at radius 1 is 1.67 bits per heavy atom.